The minimum absolute atomic E-state index is 0.0721. The number of fused-ring (bicyclic) bond motifs is 1. The second-order valence-corrected chi connectivity index (χ2v) is 6.94. The molecule has 0 bridgehead atoms. The minimum atomic E-state index is -0.532. The highest BCUT2D eigenvalue weighted by Gasteiger charge is 2.23. The number of aryl methyl sites for hydroxylation is 2. The van der Waals surface area contributed by atoms with E-state index in [9.17, 15) is 14.9 Å². The highest BCUT2D eigenvalue weighted by molar-refractivity contribution is 7.16. The average Bonchev–Trinajstić information content (AvgIpc) is 3.08. The molecule has 0 aliphatic heterocycles. The number of nitrogens with zero attached hydrogens (tertiary/aromatic N) is 3. The molecule has 1 aromatic carbocycles. The quantitative estimate of drug-likeness (QED) is 0.421. The Morgan fingerprint density at radius 3 is 2.88 bits per heavy atom. The summed E-state index contributed by atoms with van der Waals surface area (Å²) in [6.07, 6.45) is 5.82. The number of amides is 1. The van der Waals surface area contributed by atoms with E-state index >= 15 is 0 Å². The monoisotopic (exact) mass is 373 g/mol. The van der Waals surface area contributed by atoms with Gasteiger partial charge in [-0.2, -0.15) is 0 Å². The van der Waals surface area contributed by atoms with Gasteiger partial charge in [-0.05, 0) is 31.7 Å². The van der Waals surface area contributed by atoms with E-state index in [2.05, 4.69) is 11.6 Å². The average molecular weight is 373 g/mol. The lowest BCUT2D eigenvalue weighted by Gasteiger charge is -2.18. The number of para-hydroxylation sites is 2. The van der Waals surface area contributed by atoms with Crippen molar-refractivity contribution in [3.63, 3.8) is 0 Å². The van der Waals surface area contributed by atoms with Crippen LogP contribution in [0.25, 0.3) is 0 Å². The number of carbonyl (C=O) groups excluding carboxylic acids is 1. The molecule has 1 aromatic heterocycles. The van der Waals surface area contributed by atoms with Crippen LogP contribution >= 0.6 is 11.3 Å². The normalized spacial score (nSPS) is 12.9. The Morgan fingerprint density at radius 1 is 1.38 bits per heavy atom. The van der Waals surface area contributed by atoms with E-state index in [0.717, 1.165) is 31.4 Å². The Kier molecular flexibility index (Phi) is 5.62. The summed E-state index contributed by atoms with van der Waals surface area (Å²) in [4.78, 5) is 30.5. The van der Waals surface area contributed by atoms with Gasteiger partial charge in [0.25, 0.3) is 5.91 Å². The predicted molar refractivity (Wildman–Crippen MR) is 99.9 cm³/mol. The minimum Gasteiger partial charge on any atom is -0.477 e. The van der Waals surface area contributed by atoms with Crippen LogP contribution in [0.1, 0.15) is 23.4 Å². The number of nitro benzene ring substituents is 1. The summed E-state index contributed by atoms with van der Waals surface area (Å²) in [5.74, 6) is -0.239. The first-order valence-corrected chi connectivity index (χ1v) is 9.18. The first kappa shape index (κ1) is 18.1. The topological polar surface area (TPSA) is 85.6 Å². The number of rotatable bonds is 7. The van der Waals surface area contributed by atoms with Gasteiger partial charge in [0.15, 0.2) is 17.5 Å². The standard InChI is InChI=1S/C18H19N3O4S/c1-2-11-20(18-19-13-7-3-6-10-16(13)26-18)17(22)12-25-15-9-5-4-8-14(15)21(23)24/h2,4-5,8-9H,1,3,6-7,10-12H2. The Labute approximate surface area is 155 Å². The molecule has 7 nitrogen and oxygen atoms in total. The van der Waals surface area contributed by atoms with Crippen LogP contribution in [0, 0.1) is 10.1 Å². The lowest BCUT2D eigenvalue weighted by molar-refractivity contribution is -0.385. The van der Waals surface area contributed by atoms with Gasteiger partial charge in [0, 0.05) is 17.5 Å². The number of nitro groups is 1. The number of thiazole rings is 1. The van der Waals surface area contributed by atoms with E-state index in [0.29, 0.717) is 11.7 Å². The second kappa shape index (κ2) is 8.09. The molecule has 0 fully saturated rings. The van der Waals surface area contributed by atoms with Crippen molar-refractivity contribution >= 4 is 28.1 Å². The van der Waals surface area contributed by atoms with Crippen molar-refractivity contribution in [1.29, 1.82) is 0 Å². The fourth-order valence-electron chi connectivity index (χ4n) is 2.82. The van der Waals surface area contributed by atoms with Crippen LogP contribution in [0.15, 0.2) is 36.9 Å². The summed E-state index contributed by atoms with van der Waals surface area (Å²) < 4.78 is 5.42. The summed E-state index contributed by atoms with van der Waals surface area (Å²) in [6.45, 7) is 3.71. The maximum absolute atomic E-state index is 12.7. The molecule has 8 heteroatoms. The molecule has 0 saturated heterocycles. The van der Waals surface area contributed by atoms with Crippen molar-refractivity contribution in [3.05, 3.63) is 57.6 Å². The Balaban J connectivity index is 1.74. The zero-order chi connectivity index (χ0) is 18.5. The van der Waals surface area contributed by atoms with Gasteiger partial charge in [-0.15, -0.1) is 17.9 Å². The lowest BCUT2D eigenvalue weighted by Crippen LogP contribution is -2.35. The second-order valence-electron chi connectivity index (χ2n) is 5.88. The van der Waals surface area contributed by atoms with E-state index in [1.165, 1.54) is 33.2 Å². The van der Waals surface area contributed by atoms with Crippen molar-refractivity contribution in [2.75, 3.05) is 18.1 Å². The lowest BCUT2D eigenvalue weighted by atomic mass is 10.0. The molecule has 136 valence electrons. The highest BCUT2D eigenvalue weighted by atomic mass is 32.1. The number of benzene rings is 1. The van der Waals surface area contributed by atoms with E-state index in [-0.39, 0.29) is 24.0 Å². The number of aromatic nitrogens is 1. The van der Waals surface area contributed by atoms with Gasteiger partial charge in [0.2, 0.25) is 0 Å². The number of hydrogen-bond acceptors (Lipinski definition) is 6. The first-order chi connectivity index (χ1) is 12.6. The van der Waals surface area contributed by atoms with Crippen LogP contribution in [0.2, 0.25) is 0 Å². The van der Waals surface area contributed by atoms with Crippen LogP contribution in [0.5, 0.6) is 5.75 Å². The summed E-state index contributed by atoms with van der Waals surface area (Å²) in [5.41, 5.74) is 0.901. The van der Waals surface area contributed by atoms with Crippen LogP contribution in [-0.2, 0) is 17.6 Å². The summed E-state index contributed by atoms with van der Waals surface area (Å²) >= 11 is 1.52. The van der Waals surface area contributed by atoms with Crippen LogP contribution in [0.3, 0.4) is 0 Å². The zero-order valence-electron chi connectivity index (χ0n) is 14.2. The van der Waals surface area contributed by atoms with E-state index < -0.39 is 4.92 Å². The third-order valence-corrected chi connectivity index (χ3v) is 5.27. The van der Waals surface area contributed by atoms with Crippen molar-refractivity contribution < 1.29 is 14.5 Å². The number of hydrogen-bond donors (Lipinski definition) is 0. The van der Waals surface area contributed by atoms with E-state index in [1.54, 1.807) is 18.2 Å². The molecule has 1 aliphatic rings. The largest absolute Gasteiger partial charge is 0.477 e. The number of anilines is 1. The molecule has 1 heterocycles. The molecule has 0 atom stereocenters. The molecule has 2 aromatic rings. The molecular formula is C18H19N3O4S. The SMILES string of the molecule is C=CCN(C(=O)COc1ccccc1[N+](=O)[O-])c1nc2c(s1)CCCC2. The number of ether oxygens (including phenoxy) is 1. The highest BCUT2D eigenvalue weighted by Crippen LogP contribution is 2.32. The summed E-state index contributed by atoms with van der Waals surface area (Å²) in [5, 5.41) is 11.7. The van der Waals surface area contributed by atoms with Crippen molar-refractivity contribution in [2.24, 2.45) is 0 Å². The molecule has 0 unspecified atom stereocenters. The third-order valence-electron chi connectivity index (χ3n) is 4.09. The van der Waals surface area contributed by atoms with Gasteiger partial charge in [0.1, 0.15) is 0 Å². The van der Waals surface area contributed by atoms with E-state index in [4.69, 9.17) is 4.74 Å². The van der Waals surface area contributed by atoms with Gasteiger partial charge < -0.3 is 4.74 Å². The Morgan fingerprint density at radius 2 is 2.15 bits per heavy atom. The van der Waals surface area contributed by atoms with Gasteiger partial charge in [-0.25, -0.2) is 4.98 Å². The summed E-state index contributed by atoms with van der Waals surface area (Å²) in [7, 11) is 0. The van der Waals surface area contributed by atoms with Gasteiger partial charge in [-0.3, -0.25) is 19.8 Å². The van der Waals surface area contributed by atoms with Crippen LogP contribution < -0.4 is 9.64 Å². The molecule has 0 saturated carbocycles. The molecule has 0 radical (unpaired) electrons. The van der Waals surface area contributed by atoms with E-state index in [1.807, 2.05) is 0 Å². The smallest absolute Gasteiger partial charge is 0.310 e. The molecule has 1 aliphatic carbocycles. The summed E-state index contributed by atoms with van der Waals surface area (Å²) in [6, 6.07) is 6.00. The maximum Gasteiger partial charge on any atom is 0.310 e. The van der Waals surface area contributed by atoms with Crippen LogP contribution in [0.4, 0.5) is 10.8 Å². The molecule has 0 spiro atoms. The van der Waals surface area contributed by atoms with Crippen molar-refractivity contribution in [2.45, 2.75) is 25.7 Å². The van der Waals surface area contributed by atoms with Gasteiger partial charge >= 0.3 is 5.69 Å². The maximum atomic E-state index is 12.7. The van der Waals surface area contributed by atoms with Gasteiger partial charge in [0.05, 0.1) is 10.6 Å². The molecule has 1 amide bonds. The zero-order valence-corrected chi connectivity index (χ0v) is 15.0. The van der Waals surface area contributed by atoms with Crippen molar-refractivity contribution in [3.8, 4) is 5.75 Å². The van der Waals surface area contributed by atoms with Crippen LogP contribution in [-0.4, -0.2) is 29.0 Å². The fraction of sp³-hybridized carbons (Fsp3) is 0.333. The Hall–Kier alpha value is -2.74. The fourth-order valence-corrected chi connectivity index (χ4v) is 3.99. The molecule has 0 N–H and O–H groups in total. The first-order valence-electron chi connectivity index (χ1n) is 8.36. The Bertz CT molecular complexity index is 810. The predicted octanol–water partition coefficient (Wildman–Crippen LogP) is 3.53. The molecule has 3 rings (SSSR count). The third kappa shape index (κ3) is 3.91. The number of carbonyl (C=O) groups is 1. The van der Waals surface area contributed by atoms with Gasteiger partial charge in [-0.1, -0.05) is 18.2 Å². The van der Waals surface area contributed by atoms with Crippen molar-refractivity contribution in [1.82, 2.24) is 4.98 Å². The molecule has 26 heavy (non-hydrogen) atoms. The molecular weight excluding hydrogens is 354 g/mol.